The van der Waals surface area contributed by atoms with Gasteiger partial charge in [-0.1, -0.05) is 32.9 Å². The maximum atomic E-state index is 13.0. The van der Waals surface area contributed by atoms with E-state index in [1.54, 1.807) is 0 Å². The summed E-state index contributed by atoms with van der Waals surface area (Å²) in [5.74, 6) is 0.114. The summed E-state index contributed by atoms with van der Waals surface area (Å²) < 4.78 is 0. The molecule has 2 aliphatic rings. The Morgan fingerprint density at radius 3 is 2.71 bits per heavy atom. The Labute approximate surface area is 127 Å². The third-order valence-corrected chi connectivity index (χ3v) is 5.23. The van der Waals surface area contributed by atoms with Crippen LogP contribution in [0.2, 0.25) is 0 Å². The zero-order valence-corrected chi connectivity index (χ0v) is 13.6. The number of carbonyl (C=O) groups excluding carboxylic acids is 1. The lowest BCUT2D eigenvalue weighted by Crippen LogP contribution is -2.38. The van der Waals surface area contributed by atoms with Crippen LogP contribution < -0.4 is 5.73 Å². The van der Waals surface area contributed by atoms with Crippen LogP contribution >= 0.6 is 0 Å². The molecule has 3 nitrogen and oxygen atoms in total. The number of hydrogen-bond donors (Lipinski definition) is 1. The molecule has 0 aromatic heterocycles. The van der Waals surface area contributed by atoms with Crippen LogP contribution in [-0.2, 0) is 0 Å². The van der Waals surface area contributed by atoms with Crippen molar-refractivity contribution in [3.8, 4) is 0 Å². The van der Waals surface area contributed by atoms with Crippen molar-refractivity contribution in [1.82, 2.24) is 4.90 Å². The van der Waals surface area contributed by atoms with Gasteiger partial charge >= 0.3 is 0 Å². The highest BCUT2D eigenvalue weighted by molar-refractivity contribution is 6.00. The molecule has 2 atom stereocenters. The number of amides is 1. The fourth-order valence-corrected chi connectivity index (χ4v) is 4.72. The summed E-state index contributed by atoms with van der Waals surface area (Å²) in [4.78, 5) is 15.0. The monoisotopic (exact) mass is 286 g/mol. The summed E-state index contributed by atoms with van der Waals surface area (Å²) in [5.41, 5.74) is 9.00. The first-order chi connectivity index (χ1) is 9.71. The van der Waals surface area contributed by atoms with E-state index in [-0.39, 0.29) is 11.3 Å². The van der Waals surface area contributed by atoms with Gasteiger partial charge in [-0.25, -0.2) is 0 Å². The first-order valence-corrected chi connectivity index (χ1v) is 7.87. The highest BCUT2D eigenvalue weighted by Crippen LogP contribution is 2.52. The first-order valence-electron chi connectivity index (χ1n) is 7.87. The first kappa shape index (κ1) is 14.4. The minimum Gasteiger partial charge on any atom is -0.398 e. The van der Waals surface area contributed by atoms with Gasteiger partial charge in [0.2, 0.25) is 0 Å². The van der Waals surface area contributed by atoms with Gasteiger partial charge in [-0.05, 0) is 48.6 Å². The summed E-state index contributed by atoms with van der Waals surface area (Å²) in [7, 11) is 0. The molecular weight excluding hydrogens is 260 g/mol. The van der Waals surface area contributed by atoms with E-state index in [1.807, 2.05) is 25.1 Å². The Hall–Kier alpha value is -1.51. The van der Waals surface area contributed by atoms with Crippen LogP contribution in [0.15, 0.2) is 18.2 Å². The van der Waals surface area contributed by atoms with E-state index in [0.717, 1.165) is 24.9 Å². The molecule has 2 bridgehead atoms. The third kappa shape index (κ3) is 2.43. The summed E-state index contributed by atoms with van der Waals surface area (Å²) in [6.45, 7) is 9.80. The molecule has 1 aromatic rings. The minimum atomic E-state index is 0.114. The Morgan fingerprint density at radius 2 is 2.00 bits per heavy atom. The zero-order valence-electron chi connectivity index (χ0n) is 13.6. The van der Waals surface area contributed by atoms with Crippen LogP contribution in [0.3, 0.4) is 0 Å². The summed E-state index contributed by atoms with van der Waals surface area (Å²) in [6.07, 6.45) is 3.43. The number of para-hydroxylation sites is 1. The predicted octanol–water partition coefficient (Wildman–Crippen LogP) is 3.62. The molecule has 0 spiro atoms. The summed E-state index contributed by atoms with van der Waals surface area (Å²) in [5, 5.41) is 0. The SMILES string of the molecule is Cc1cccc(C(=O)N2CC3(C)CC2CC(C)(C)C3)c1N. The molecule has 0 radical (unpaired) electrons. The van der Waals surface area contributed by atoms with E-state index in [2.05, 4.69) is 25.7 Å². The second kappa shape index (κ2) is 4.49. The molecule has 1 aliphatic heterocycles. The molecule has 2 fully saturated rings. The van der Waals surface area contributed by atoms with Crippen LogP contribution in [0.4, 0.5) is 5.69 Å². The number of nitrogen functional groups attached to an aromatic ring is 1. The van der Waals surface area contributed by atoms with Gasteiger partial charge in [0.1, 0.15) is 0 Å². The molecule has 3 heteroatoms. The molecule has 3 rings (SSSR count). The zero-order chi connectivity index (χ0) is 15.4. The highest BCUT2D eigenvalue weighted by Gasteiger charge is 2.51. The summed E-state index contributed by atoms with van der Waals surface area (Å²) in [6, 6.07) is 6.11. The fourth-order valence-electron chi connectivity index (χ4n) is 4.72. The van der Waals surface area contributed by atoms with E-state index in [4.69, 9.17) is 5.73 Å². The highest BCUT2D eigenvalue weighted by atomic mass is 16.2. The fraction of sp³-hybridized carbons (Fsp3) is 0.611. The number of hydrogen-bond acceptors (Lipinski definition) is 2. The second-order valence-electron chi connectivity index (χ2n) is 8.18. The normalized spacial score (nSPS) is 30.5. The molecule has 1 heterocycles. The van der Waals surface area contributed by atoms with Crippen molar-refractivity contribution in [2.75, 3.05) is 12.3 Å². The lowest BCUT2D eigenvalue weighted by atomic mass is 9.65. The molecular formula is C18H26N2O. The van der Waals surface area contributed by atoms with Crippen LogP contribution in [-0.4, -0.2) is 23.4 Å². The van der Waals surface area contributed by atoms with E-state index in [9.17, 15) is 4.79 Å². The molecule has 21 heavy (non-hydrogen) atoms. The van der Waals surface area contributed by atoms with Gasteiger partial charge < -0.3 is 10.6 Å². The number of rotatable bonds is 1. The molecule has 1 aromatic carbocycles. The number of benzene rings is 1. The van der Waals surface area contributed by atoms with Crippen LogP contribution in [0, 0.1) is 17.8 Å². The lowest BCUT2D eigenvalue weighted by molar-refractivity contribution is 0.0709. The van der Waals surface area contributed by atoms with E-state index >= 15 is 0 Å². The smallest absolute Gasteiger partial charge is 0.256 e. The summed E-state index contributed by atoms with van der Waals surface area (Å²) >= 11 is 0. The van der Waals surface area contributed by atoms with E-state index in [1.165, 1.54) is 6.42 Å². The average Bonchev–Trinajstić information content (AvgIpc) is 2.61. The van der Waals surface area contributed by atoms with Crippen molar-refractivity contribution < 1.29 is 4.79 Å². The van der Waals surface area contributed by atoms with Gasteiger partial charge in [0.25, 0.3) is 5.91 Å². The number of fused-ring (bicyclic) bond motifs is 2. The minimum absolute atomic E-state index is 0.114. The molecule has 114 valence electrons. The van der Waals surface area contributed by atoms with Crippen LogP contribution in [0.25, 0.3) is 0 Å². The quantitative estimate of drug-likeness (QED) is 0.801. The number of carbonyl (C=O) groups is 1. The number of nitrogens with zero attached hydrogens (tertiary/aromatic N) is 1. The van der Waals surface area contributed by atoms with Gasteiger partial charge in [0.15, 0.2) is 0 Å². The Kier molecular flexibility index (Phi) is 3.09. The van der Waals surface area contributed by atoms with Crippen molar-refractivity contribution >= 4 is 11.6 Å². The molecule has 1 saturated heterocycles. The lowest BCUT2D eigenvalue weighted by Gasteiger charge is -2.39. The number of nitrogens with two attached hydrogens (primary N) is 1. The van der Waals surface area contributed by atoms with Crippen molar-refractivity contribution in [3.63, 3.8) is 0 Å². The van der Waals surface area contributed by atoms with Crippen molar-refractivity contribution in [2.45, 2.75) is 53.0 Å². The average molecular weight is 286 g/mol. The van der Waals surface area contributed by atoms with Crippen molar-refractivity contribution in [1.29, 1.82) is 0 Å². The van der Waals surface area contributed by atoms with Crippen molar-refractivity contribution in [2.24, 2.45) is 10.8 Å². The molecule has 1 aliphatic carbocycles. The maximum absolute atomic E-state index is 13.0. The Balaban J connectivity index is 1.92. The number of likely N-dealkylation sites (tertiary alicyclic amines) is 1. The Morgan fingerprint density at radius 1 is 1.29 bits per heavy atom. The maximum Gasteiger partial charge on any atom is 0.256 e. The predicted molar refractivity (Wildman–Crippen MR) is 86.2 cm³/mol. The van der Waals surface area contributed by atoms with Gasteiger partial charge in [-0.15, -0.1) is 0 Å². The van der Waals surface area contributed by atoms with Gasteiger partial charge in [0.05, 0.1) is 5.56 Å². The third-order valence-electron chi connectivity index (χ3n) is 5.23. The van der Waals surface area contributed by atoms with Gasteiger partial charge in [-0.2, -0.15) is 0 Å². The molecule has 2 N–H and O–H groups in total. The van der Waals surface area contributed by atoms with Gasteiger partial charge in [0, 0.05) is 18.3 Å². The molecule has 2 unspecified atom stereocenters. The Bertz CT molecular complexity index is 593. The van der Waals surface area contributed by atoms with E-state index in [0.29, 0.717) is 22.7 Å². The number of aryl methyl sites for hydroxylation is 1. The molecule has 1 amide bonds. The van der Waals surface area contributed by atoms with Crippen LogP contribution in [0.1, 0.15) is 56.0 Å². The van der Waals surface area contributed by atoms with Gasteiger partial charge in [-0.3, -0.25) is 4.79 Å². The largest absolute Gasteiger partial charge is 0.398 e. The second-order valence-corrected chi connectivity index (χ2v) is 8.18. The standard InChI is InChI=1S/C18H26N2O/c1-12-6-5-7-14(15(12)19)16(21)20-11-18(4)9-13(20)8-17(2,3)10-18/h5-7,13H,8-11,19H2,1-4H3. The topological polar surface area (TPSA) is 46.3 Å². The molecule has 1 saturated carbocycles. The van der Waals surface area contributed by atoms with Crippen molar-refractivity contribution in [3.05, 3.63) is 29.3 Å². The van der Waals surface area contributed by atoms with E-state index < -0.39 is 0 Å². The number of anilines is 1. The van der Waals surface area contributed by atoms with Crippen LogP contribution in [0.5, 0.6) is 0 Å².